The maximum absolute atomic E-state index is 11.9. The Balaban J connectivity index is 4.31. The third-order valence-corrected chi connectivity index (χ3v) is 2.24. The zero-order chi connectivity index (χ0) is 13.1. The van der Waals surface area contributed by atoms with Gasteiger partial charge >= 0.3 is 0 Å². The van der Waals surface area contributed by atoms with Gasteiger partial charge in [-0.3, -0.25) is 9.69 Å². The van der Waals surface area contributed by atoms with Crippen LogP contribution in [0.3, 0.4) is 0 Å². The van der Waals surface area contributed by atoms with Crippen molar-refractivity contribution in [2.75, 3.05) is 45.9 Å². The minimum atomic E-state index is -0.0632. The van der Waals surface area contributed by atoms with Gasteiger partial charge in [-0.25, -0.2) is 0 Å². The molecule has 0 aromatic carbocycles. The van der Waals surface area contributed by atoms with E-state index >= 15 is 0 Å². The summed E-state index contributed by atoms with van der Waals surface area (Å²) < 4.78 is 0. The van der Waals surface area contributed by atoms with E-state index in [1.807, 2.05) is 0 Å². The summed E-state index contributed by atoms with van der Waals surface area (Å²) in [4.78, 5) is 15.2. The molecule has 0 saturated carbocycles. The van der Waals surface area contributed by atoms with Crippen molar-refractivity contribution in [1.82, 2.24) is 9.80 Å². The molecule has 0 fully saturated rings. The van der Waals surface area contributed by atoms with Crippen LogP contribution in [0.1, 0.15) is 0 Å². The number of rotatable bonds is 10. The van der Waals surface area contributed by atoms with Gasteiger partial charge in [0.05, 0.1) is 19.8 Å². The smallest absolute Gasteiger partial charge is 0.237 e. The SMILES string of the molecule is C=CCN(CC=C)C(=O)CN(CCO)CCO. The molecule has 0 bridgehead atoms. The Morgan fingerprint density at radius 1 is 1.06 bits per heavy atom. The number of carbonyl (C=O) groups excluding carboxylic acids is 1. The third kappa shape index (κ3) is 6.88. The highest BCUT2D eigenvalue weighted by Gasteiger charge is 2.14. The highest BCUT2D eigenvalue weighted by molar-refractivity contribution is 5.78. The van der Waals surface area contributed by atoms with Gasteiger partial charge in [-0.05, 0) is 0 Å². The summed E-state index contributed by atoms with van der Waals surface area (Å²) in [5.41, 5.74) is 0. The molecule has 5 nitrogen and oxygen atoms in total. The Morgan fingerprint density at radius 3 is 1.88 bits per heavy atom. The van der Waals surface area contributed by atoms with E-state index in [9.17, 15) is 4.79 Å². The number of carbonyl (C=O) groups is 1. The summed E-state index contributed by atoms with van der Waals surface area (Å²) >= 11 is 0. The number of aliphatic hydroxyl groups is 2. The molecule has 0 aliphatic carbocycles. The third-order valence-electron chi connectivity index (χ3n) is 2.24. The van der Waals surface area contributed by atoms with Crippen molar-refractivity contribution in [1.29, 1.82) is 0 Å². The van der Waals surface area contributed by atoms with Gasteiger partial charge in [0.15, 0.2) is 0 Å². The standard InChI is InChI=1S/C12H22N2O3/c1-3-5-14(6-4-2)12(17)11-13(7-9-15)8-10-16/h3-4,15-16H,1-2,5-11H2. The first-order chi connectivity index (χ1) is 8.19. The van der Waals surface area contributed by atoms with Gasteiger partial charge in [-0.1, -0.05) is 12.2 Å². The number of hydrogen-bond acceptors (Lipinski definition) is 4. The maximum atomic E-state index is 11.9. The van der Waals surface area contributed by atoms with E-state index in [0.29, 0.717) is 26.2 Å². The van der Waals surface area contributed by atoms with E-state index in [0.717, 1.165) is 0 Å². The summed E-state index contributed by atoms with van der Waals surface area (Å²) in [6, 6.07) is 0. The van der Waals surface area contributed by atoms with Crippen LogP contribution in [0, 0.1) is 0 Å². The van der Waals surface area contributed by atoms with Crippen LogP contribution in [0.15, 0.2) is 25.3 Å². The lowest BCUT2D eigenvalue weighted by molar-refractivity contribution is -0.131. The molecule has 0 unspecified atom stereocenters. The van der Waals surface area contributed by atoms with Crippen LogP contribution in [-0.4, -0.2) is 71.9 Å². The largest absolute Gasteiger partial charge is 0.395 e. The summed E-state index contributed by atoms with van der Waals surface area (Å²) in [6.07, 6.45) is 3.31. The zero-order valence-corrected chi connectivity index (χ0v) is 10.2. The summed E-state index contributed by atoms with van der Waals surface area (Å²) in [5.74, 6) is -0.0632. The molecule has 0 spiro atoms. The number of hydrogen-bond donors (Lipinski definition) is 2. The second-order valence-corrected chi connectivity index (χ2v) is 3.60. The van der Waals surface area contributed by atoms with Crippen LogP contribution in [0.5, 0.6) is 0 Å². The van der Waals surface area contributed by atoms with Gasteiger partial charge in [0.2, 0.25) is 5.91 Å². The molecule has 0 aliphatic heterocycles. The van der Waals surface area contributed by atoms with E-state index in [1.54, 1.807) is 22.0 Å². The van der Waals surface area contributed by atoms with Gasteiger partial charge in [0.25, 0.3) is 0 Å². The van der Waals surface area contributed by atoms with E-state index < -0.39 is 0 Å². The van der Waals surface area contributed by atoms with E-state index in [1.165, 1.54) is 0 Å². The molecular formula is C12H22N2O3. The van der Waals surface area contributed by atoms with E-state index in [2.05, 4.69) is 13.2 Å². The van der Waals surface area contributed by atoms with Gasteiger partial charge in [-0.2, -0.15) is 0 Å². The lowest BCUT2D eigenvalue weighted by Gasteiger charge is -2.25. The molecule has 0 aromatic rings. The predicted octanol–water partition coefficient (Wildman–Crippen LogP) is -0.526. The van der Waals surface area contributed by atoms with Crippen LogP contribution < -0.4 is 0 Å². The molecule has 0 atom stereocenters. The summed E-state index contributed by atoms with van der Waals surface area (Å²) in [5, 5.41) is 17.7. The van der Waals surface area contributed by atoms with Crippen molar-refractivity contribution >= 4 is 5.91 Å². The fourth-order valence-electron chi connectivity index (χ4n) is 1.43. The van der Waals surface area contributed by atoms with E-state index in [-0.39, 0.29) is 25.7 Å². The Morgan fingerprint density at radius 2 is 1.53 bits per heavy atom. The molecule has 0 aliphatic rings. The van der Waals surface area contributed by atoms with Crippen LogP contribution in [0.2, 0.25) is 0 Å². The molecule has 0 aromatic heterocycles. The summed E-state index contributed by atoms with van der Waals surface area (Å²) in [6.45, 7) is 9.00. The molecule has 17 heavy (non-hydrogen) atoms. The second-order valence-electron chi connectivity index (χ2n) is 3.60. The Kier molecular flexibility index (Phi) is 9.33. The van der Waals surface area contributed by atoms with Crippen molar-refractivity contribution < 1.29 is 15.0 Å². The van der Waals surface area contributed by atoms with Crippen LogP contribution >= 0.6 is 0 Å². The normalized spacial score (nSPS) is 10.3. The first-order valence-electron chi connectivity index (χ1n) is 5.63. The molecule has 0 rings (SSSR count). The van der Waals surface area contributed by atoms with Crippen molar-refractivity contribution in [2.45, 2.75) is 0 Å². The van der Waals surface area contributed by atoms with Gasteiger partial charge < -0.3 is 15.1 Å². The molecule has 5 heteroatoms. The predicted molar refractivity (Wildman–Crippen MR) is 67.6 cm³/mol. The number of nitrogens with zero attached hydrogens (tertiary/aromatic N) is 2. The lowest BCUT2D eigenvalue weighted by atomic mass is 10.3. The first-order valence-corrected chi connectivity index (χ1v) is 5.63. The fourth-order valence-corrected chi connectivity index (χ4v) is 1.43. The van der Waals surface area contributed by atoms with E-state index in [4.69, 9.17) is 10.2 Å². The fraction of sp³-hybridized carbons (Fsp3) is 0.583. The van der Waals surface area contributed by atoms with Gasteiger partial charge in [-0.15, -0.1) is 13.2 Å². The zero-order valence-electron chi connectivity index (χ0n) is 10.2. The summed E-state index contributed by atoms with van der Waals surface area (Å²) in [7, 11) is 0. The minimum Gasteiger partial charge on any atom is -0.395 e. The quantitative estimate of drug-likeness (QED) is 0.506. The van der Waals surface area contributed by atoms with Crippen LogP contribution in [0.4, 0.5) is 0 Å². The average molecular weight is 242 g/mol. The van der Waals surface area contributed by atoms with Crippen molar-refractivity contribution in [3.8, 4) is 0 Å². The highest BCUT2D eigenvalue weighted by atomic mass is 16.3. The van der Waals surface area contributed by atoms with Gasteiger partial charge in [0.1, 0.15) is 0 Å². The van der Waals surface area contributed by atoms with Crippen LogP contribution in [0.25, 0.3) is 0 Å². The minimum absolute atomic E-state index is 0.0316. The molecule has 0 saturated heterocycles. The first kappa shape index (κ1) is 15.8. The monoisotopic (exact) mass is 242 g/mol. The van der Waals surface area contributed by atoms with Gasteiger partial charge in [0, 0.05) is 26.2 Å². The van der Waals surface area contributed by atoms with Crippen molar-refractivity contribution in [3.63, 3.8) is 0 Å². The second kappa shape index (κ2) is 10.0. The molecule has 1 amide bonds. The molecule has 98 valence electrons. The number of amides is 1. The van der Waals surface area contributed by atoms with Crippen molar-refractivity contribution in [3.05, 3.63) is 25.3 Å². The van der Waals surface area contributed by atoms with Crippen molar-refractivity contribution in [2.24, 2.45) is 0 Å². The molecule has 2 N–H and O–H groups in total. The Bertz CT molecular complexity index is 228. The average Bonchev–Trinajstić information content (AvgIpc) is 2.29. The molecule has 0 heterocycles. The van der Waals surface area contributed by atoms with Crippen LogP contribution in [-0.2, 0) is 4.79 Å². The lowest BCUT2D eigenvalue weighted by Crippen LogP contribution is -2.42. The maximum Gasteiger partial charge on any atom is 0.237 e. The molecule has 0 radical (unpaired) electrons. The molecular weight excluding hydrogens is 220 g/mol. The Hall–Kier alpha value is -1.17. The Labute approximate surface area is 103 Å². The highest BCUT2D eigenvalue weighted by Crippen LogP contribution is 1.95. The number of aliphatic hydroxyl groups excluding tert-OH is 2. The topological polar surface area (TPSA) is 64.0 Å².